The van der Waals surface area contributed by atoms with Crippen LogP contribution in [0.2, 0.25) is 0 Å². The van der Waals surface area contributed by atoms with Crippen LogP contribution in [0.3, 0.4) is 0 Å². The topological polar surface area (TPSA) is 116 Å². The second-order valence-electron chi connectivity index (χ2n) is 6.45. The highest BCUT2D eigenvalue weighted by Crippen LogP contribution is 2.42. The molecule has 0 atom stereocenters. The van der Waals surface area contributed by atoms with Crippen molar-refractivity contribution in [3.8, 4) is 0 Å². The van der Waals surface area contributed by atoms with Crippen molar-refractivity contribution in [1.29, 1.82) is 0 Å². The molecule has 2 amide bonds. The molecule has 1 aliphatic carbocycles. The smallest absolute Gasteiger partial charge is 0.226 e. The summed E-state index contributed by atoms with van der Waals surface area (Å²) >= 11 is 0. The summed E-state index contributed by atoms with van der Waals surface area (Å²) in [6, 6.07) is 3.41. The van der Waals surface area contributed by atoms with E-state index >= 15 is 0 Å². The van der Waals surface area contributed by atoms with Crippen LogP contribution < -0.4 is 10.6 Å². The number of carbonyl (C=O) groups is 2. The summed E-state index contributed by atoms with van der Waals surface area (Å²) in [7, 11) is 0. The first-order valence-electron chi connectivity index (χ1n) is 8.24. The maximum atomic E-state index is 12.4. The van der Waals surface area contributed by atoms with Gasteiger partial charge in [-0.15, -0.1) is 0 Å². The van der Waals surface area contributed by atoms with Gasteiger partial charge in [-0.1, -0.05) is 19.3 Å². The molecular formula is C16H22N6O2. The van der Waals surface area contributed by atoms with Crippen molar-refractivity contribution in [2.75, 3.05) is 10.6 Å². The molecule has 3 rings (SSSR count). The van der Waals surface area contributed by atoms with E-state index in [1.165, 1.54) is 0 Å². The Morgan fingerprint density at radius 2 is 1.42 bits per heavy atom. The van der Waals surface area contributed by atoms with E-state index in [1.54, 1.807) is 24.5 Å². The highest BCUT2D eigenvalue weighted by atomic mass is 16.2. The number of aromatic nitrogens is 4. The number of H-pyrrole nitrogens is 2. The van der Waals surface area contributed by atoms with Crippen LogP contribution in [0.15, 0.2) is 24.5 Å². The van der Waals surface area contributed by atoms with Gasteiger partial charge in [0.25, 0.3) is 0 Å². The van der Waals surface area contributed by atoms with Gasteiger partial charge in [-0.2, -0.15) is 10.2 Å². The fourth-order valence-electron chi connectivity index (χ4n) is 3.44. The number of amides is 2. The molecule has 1 fully saturated rings. The van der Waals surface area contributed by atoms with Crippen molar-refractivity contribution < 1.29 is 9.59 Å². The average molecular weight is 330 g/mol. The van der Waals surface area contributed by atoms with Gasteiger partial charge in [0.05, 0.1) is 12.4 Å². The first-order valence-corrected chi connectivity index (χ1v) is 8.24. The number of aromatic amines is 2. The van der Waals surface area contributed by atoms with E-state index < -0.39 is 0 Å². The number of anilines is 2. The predicted molar refractivity (Wildman–Crippen MR) is 89.2 cm³/mol. The summed E-state index contributed by atoms with van der Waals surface area (Å²) in [5, 5.41) is 18.7. The van der Waals surface area contributed by atoms with Crippen molar-refractivity contribution in [2.45, 2.75) is 44.9 Å². The summed E-state index contributed by atoms with van der Waals surface area (Å²) < 4.78 is 0. The van der Waals surface area contributed by atoms with E-state index in [9.17, 15) is 9.59 Å². The van der Waals surface area contributed by atoms with E-state index in [0.29, 0.717) is 24.5 Å². The van der Waals surface area contributed by atoms with Crippen molar-refractivity contribution in [3.63, 3.8) is 0 Å². The van der Waals surface area contributed by atoms with Gasteiger partial charge in [0.1, 0.15) is 11.6 Å². The van der Waals surface area contributed by atoms with E-state index in [4.69, 9.17) is 0 Å². The molecule has 0 spiro atoms. The molecule has 8 heteroatoms. The second-order valence-corrected chi connectivity index (χ2v) is 6.45. The summed E-state index contributed by atoms with van der Waals surface area (Å²) in [5.41, 5.74) is -0.285. The molecule has 2 aromatic rings. The molecule has 2 aromatic heterocycles. The zero-order valence-corrected chi connectivity index (χ0v) is 13.5. The Balaban J connectivity index is 1.63. The van der Waals surface area contributed by atoms with Crippen LogP contribution in [-0.4, -0.2) is 32.2 Å². The third-order valence-electron chi connectivity index (χ3n) is 4.53. The Labute approximate surface area is 139 Å². The maximum Gasteiger partial charge on any atom is 0.226 e. The quantitative estimate of drug-likeness (QED) is 0.651. The summed E-state index contributed by atoms with van der Waals surface area (Å²) in [6.45, 7) is 0. The van der Waals surface area contributed by atoms with Crippen LogP contribution in [0.25, 0.3) is 0 Å². The number of nitrogens with one attached hydrogen (secondary N) is 4. The first kappa shape index (κ1) is 16.2. The largest absolute Gasteiger partial charge is 0.311 e. The van der Waals surface area contributed by atoms with E-state index in [0.717, 1.165) is 32.1 Å². The Hall–Kier alpha value is -2.64. The van der Waals surface area contributed by atoms with Gasteiger partial charge < -0.3 is 10.6 Å². The number of hydrogen-bond donors (Lipinski definition) is 4. The predicted octanol–water partition coefficient (Wildman–Crippen LogP) is 2.44. The van der Waals surface area contributed by atoms with Gasteiger partial charge in [0.2, 0.25) is 11.8 Å². The number of hydrogen-bond acceptors (Lipinski definition) is 4. The molecule has 128 valence electrons. The molecule has 0 bridgehead atoms. The van der Waals surface area contributed by atoms with Crippen molar-refractivity contribution in [3.05, 3.63) is 24.5 Å². The van der Waals surface area contributed by atoms with Gasteiger partial charge in [0.15, 0.2) is 0 Å². The minimum absolute atomic E-state index is 0.0875. The van der Waals surface area contributed by atoms with Gasteiger partial charge in [0, 0.05) is 25.0 Å². The van der Waals surface area contributed by atoms with Gasteiger partial charge in [-0.25, -0.2) is 0 Å². The van der Waals surface area contributed by atoms with Crippen molar-refractivity contribution in [1.82, 2.24) is 20.4 Å². The van der Waals surface area contributed by atoms with Crippen LogP contribution >= 0.6 is 0 Å². The van der Waals surface area contributed by atoms with Crippen LogP contribution in [0.5, 0.6) is 0 Å². The first-order chi connectivity index (χ1) is 11.7. The SMILES string of the molecule is O=C(CC1(CC(=O)Nc2ccn[nH]2)CCCCC1)Nc1ccn[nH]1. The number of nitrogens with zero attached hydrogens (tertiary/aromatic N) is 2. The molecule has 2 heterocycles. The fraction of sp³-hybridized carbons (Fsp3) is 0.500. The lowest BCUT2D eigenvalue weighted by atomic mass is 9.69. The molecule has 24 heavy (non-hydrogen) atoms. The molecule has 8 nitrogen and oxygen atoms in total. The van der Waals surface area contributed by atoms with Crippen molar-refractivity contribution in [2.24, 2.45) is 5.41 Å². The van der Waals surface area contributed by atoms with Gasteiger partial charge in [-0.05, 0) is 18.3 Å². The minimum Gasteiger partial charge on any atom is -0.311 e. The molecule has 1 aliphatic rings. The molecule has 0 aromatic carbocycles. The van der Waals surface area contributed by atoms with Crippen LogP contribution in [0, 0.1) is 5.41 Å². The Morgan fingerprint density at radius 3 is 1.83 bits per heavy atom. The third kappa shape index (κ3) is 4.21. The second kappa shape index (κ2) is 7.29. The van der Waals surface area contributed by atoms with E-state index in [-0.39, 0.29) is 17.2 Å². The molecule has 0 saturated heterocycles. The monoisotopic (exact) mass is 330 g/mol. The van der Waals surface area contributed by atoms with E-state index in [2.05, 4.69) is 31.0 Å². The summed E-state index contributed by atoms with van der Waals surface area (Å²) in [4.78, 5) is 24.8. The summed E-state index contributed by atoms with van der Waals surface area (Å²) in [6.07, 6.45) is 8.88. The number of carbonyl (C=O) groups excluding carboxylic acids is 2. The van der Waals surface area contributed by atoms with Gasteiger partial charge in [-0.3, -0.25) is 19.8 Å². The Morgan fingerprint density at radius 1 is 0.917 bits per heavy atom. The molecule has 1 saturated carbocycles. The minimum atomic E-state index is -0.285. The van der Waals surface area contributed by atoms with Crippen molar-refractivity contribution >= 4 is 23.5 Å². The molecule has 0 unspecified atom stereocenters. The average Bonchev–Trinajstić information content (AvgIpc) is 3.21. The zero-order valence-electron chi connectivity index (χ0n) is 13.5. The lowest BCUT2D eigenvalue weighted by Gasteiger charge is -2.36. The van der Waals surface area contributed by atoms with E-state index in [1.807, 2.05) is 0 Å². The highest BCUT2D eigenvalue weighted by molar-refractivity contribution is 5.93. The maximum absolute atomic E-state index is 12.4. The molecular weight excluding hydrogens is 308 g/mol. The molecule has 0 radical (unpaired) electrons. The standard InChI is InChI=1S/C16H22N6O2/c23-14(19-12-4-8-17-21-12)10-16(6-2-1-3-7-16)11-15(24)20-13-5-9-18-22-13/h4-5,8-9H,1-3,6-7,10-11H2,(H2,17,19,21,23)(H2,18,20,22,24). The van der Waals surface area contributed by atoms with Gasteiger partial charge >= 0.3 is 0 Å². The third-order valence-corrected chi connectivity index (χ3v) is 4.53. The highest BCUT2D eigenvalue weighted by Gasteiger charge is 2.36. The Bertz CT molecular complexity index is 607. The normalized spacial score (nSPS) is 16.5. The summed E-state index contributed by atoms with van der Waals surface area (Å²) in [5.74, 6) is 0.978. The van der Waals surface area contributed by atoms with Crippen LogP contribution in [-0.2, 0) is 9.59 Å². The number of rotatable bonds is 6. The lowest BCUT2D eigenvalue weighted by molar-refractivity contribution is -0.122. The molecule has 4 N–H and O–H groups in total. The molecule has 0 aliphatic heterocycles. The zero-order chi connectivity index (χ0) is 16.8. The van der Waals surface area contributed by atoms with Crippen LogP contribution in [0.1, 0.15) is 44.9 Å². The Kier molecular flexibility index (Phi) is 4.93. The van der Waals surface area contributed by atoms with Crippen LogP contribution in [0.4, 0.5) is 11.6 Å². The lowest BCUT2D eigenvalue weighted by Crippen LogP contribution is -2.34. The fourth-order valence-corrected chi connectivity index (χ4v) is 3.44.